The van der Waals surface area contributed by atoms with Crippen LogP contribution in [-0.2, 0) is 16.1 Å². The Morgan fingerprint density at radius 1 is 1.30 bits per heavy atom. The Labute approximate surface area is 192 Å². The molecule has 1 saturated carbocycles. The van der Waals surface area contributed by atoms with E-state index in [1.165, 1.54) is 12.5 Å². The minimum absolute atomic E-state index is 0.0171. The lowest BCUT2D eigenvalue weighted by molar-refractivity contribution is -0.156. The summed E-state index contributed by atoms with van der Waals surface area (Å²) < 4.78 is 7.86. The van der Waals surface area contributed by atoms with Gasteiger partial charge in [0.25, 0.3) is 0 Å². The van der Waals surface area contributed by atoms with Crippen LogP contribution in [-0.4, -0.2) is 26.7 Å². The van der Waals surface area contributed by atoms with Gasteiger partial charge in [-0.2, -0.15) is 0 Å². The molecule has 0 radical (unpaired) electrons. The number of aromatic hydroxyl groups is 1. The van der Waals surface area contributed by atoms with Crippen molar-refractivity contribution in [2.75, 3.05) is 0 Å². The Morgan fingerprint density at radius 3 is 2.85 bits per heavy atom. The summed E-state index contributed by atoms with van der Waals surface area (Å²) in [4.78, 5) is 20.6. The van der Waals surface area contributed by atoms with E-state index in [0.29, 0.717) is 29.1 Å². The fourth-order valence-corrected chi connectivity index (χ4v) is 4.83. The van der Waals surface area contributed by atoms with Gasteiger partial charge in [-0.1, -0.05) is 44.4 Å². The second kappa shape index (κ2) is 9.55. The summed E-state index contributed by atoms with van der Waals surface area (Å²) in [5.74, 6) is 1.49. The number of esters is 1. The van der Waals surface area contributed by atoms with Crippen molar-refractivity contribution in [1.29, 1.82) is 0 Å². The predicted molar refractivity (Wildman–Crippen MR) is 127 cm³/mol. The number of imidazole rings is 1. The van der Waals surface area contributed by atoms with Crippen molar-refractivity contribution in [2.45, 2.75) is 52.7 Å². The van der Waals surface area contributed by atoms with Crippen LogP contribution in [0.2, 0.25) is 0 Å². The summed E-state index contributed by atoms with van der Waals surface area (Å²) >= 11 is 0. The van der Waals surface area contributed by atoms with Crippen molar-refractivity contribution < 1.29 is 14.6 Å². The number of hydrogen-bond donors (Lipinski definition) is 1. The number of nitrogens with zero attached hydrogens (tertiary/aromatic N) is 5. The maximum Gasteiger partial charge on any atom is 0.326 e. The standard InChI is InChI=1S/C25H29N5O3/c1-15(2)18-10-8-16(3)12-23(18)33-24(32)14-30-21-7-5-4-6-19(21)27-25(30)17-9-11-22(31)20(13-17)28-29-26/h4-7,9,11,13,15-16,18,23,31H,8,10,12,14H2,1-3H3/t16-,18+,23-/m1/s1. The molecule has 0 spiro atoms. The van der Waals surface area contributed by atoms with Crippen molar-refractivity contribution in [3.8, 4) is 17.1 Å². The van der Waals surface area contributed by atoms with Crippen LogP contribution in [0.1, 0.15) is 40.0 Å². The van der Waals surface area contributed by atoms with Crippen molar-refractivity contribution in [2.24, 2.45) is 22.9 Å². The zero-order valence-electron chi connectivity index (χ0n) is 19.2. The second-order valence-electron chi connectivity index (χ2n) is 9.26. The topological polar surface area (TPSA) is 113 Å². The molecule has 1 heterocycles. The number of aromatic nitrogens is 2. The van der Waals surface area contributed by atoms with Crippen LogP contribution in [0.3, 0.4) is 0 Å². The minimum atomic E-state index is -0.293. The molecule has 1 aromatic heterocycles. The summed E-state index contributed by atoms with van der Waals surface area (Å²) in [6, 6.07) is 12.3. The van der Waals surface area contributed by atoms with E-state index in [9.17, 15) is 9.90 Å². The van der Waals surface area contributed by atoms with Crippen molar-refractivity contribution in [1.82, 2.24) is 9.55 Å². The van der Waals surface area contributed by atoms with Crippen LogP contribution >= 0.6 is 0 Å². The van der Waals surface area contributed by atoms with Gasteiger partial charge in [0.05, 0.1) is 16.7 Å². The molecule has 3 aromatic rings. The molecule has 2 aromatic carbocycles. The van der Waals surface area contributed by atoms with Crippen molar-refractivity contribution in [3.63, 3.8) is 0 Å². The lowest BCUT2D eigenvalue weighted by atomic mass is 9.75. The quantitative estimate of drug-likeness (QED) is 0.205. The van der Waals surface area contributed by atoms with Gasteiger partial charge in [-0.3, -0.25) is 4.79 Å². The number of carbonyl (C=O) groups excluding carboxylic acids is 1. The van der Waals surface area contributed by atoms with Gasteiger partial charge in [0, 0.05) is 10.5 Å². The van der Waals surface area contributed by atoms with Gasteiger partial charge in [-0.25, -0.2) is 4.98 Å². The number of fused-ring (bicyclic) bond motifs is 1. The number of rotatable bonds is 6. The third-order valence-corrected chi connectivity index (χ3v) is 6.57. The fraction of sp³-hybridized carbons (Fsp3) is 0.440. The summed E-state index contributed by atoms with van der Waals surface area (Å²) in [6.07, 6.45) is 3.05. The lowest BCUT2D eigenvalue weighted by Crippen LogP contribution is -2.36. The van der Waals surface area contributed by atoms with Crippen LogP contribution in [0.4, 0.5) is 5.69 Å². The largest absolute Gasteiger partial charge is 0.507 e. The molecule has 1 aliphatic rings. The molecule has 8 heteroatoms. The van der Waals surface area contributed by atoms with Gasteiger partial charge >= 0.3 is 5.97 Å². The zero-order valence-corrected chi connectivity index (χ0v) is 19.2. The van der Waals surface area contributed by atoms with Gasteiger partial charge in [-0.15, -0.1) is 0 Å². The average Bonchev–Trinajstić information content (AvgIpc) is 3.13. The van der Waals surface area contributed by atoms with Gasteiger partial charge < -0.3 is 14.4 Å². The van der Waals surface area contributed by atoms with Crippen molar-refractivity contribution >= 4 is 22.7 Å². The monoisotopic (exact) mass is 447 g/mol. The molecule has 1 fully saturated rings. The van der Waals surface area contributed by atoms with E-state index in [0.717, 1.165) is 23.9 Å². The van der Waals surface area contributed by atoms with Crippen LogP contribution in [0, 0.1) is 17.8 Å². The molecule has 0 unspecified atom stereocenters. The molecule has 1 aliphatic carbocycles. The molecule has 3 atom stereocenters. The Morgan fingerprint density at radius 2 is 2.09 bits per heavy atom. The number of phenolic OH excluding ortho intramolecular Hbond substituents is 1. The van der Waals surface area contributed by atoms with Crippen LogP contribution < -0.4 is 0 Å². The third-order valence-electron chi connectivity index (χ3n) is 6.57. The van der Waals surface area contributed by atoms with Gasteiger partial charge in [0.15, 0.2) is 0 Å². The van der Waals surface area contributed by atoms with E-state index in [-0.39, 0.29) is 30.1 Å². The molecule has 0 amide bonds. The molecule has 0 aliphatic heterocycles. The predicted octanol–water partition coefficient (Wildman–Crippen LogP) is 6.35. The fourth-order valence-electron chi connectivity index (χ4n) is 4.83. The first-order valence-corrected chi connectivity index (χ1v) is 11.4. The number of para-hydroxylation sites is 2. The van der Waals surface area contributed by atoms with E-state index in [1.807, 2.05) is 28.8 Å². The molecule has 8 nitrogen and oxygen atoms in total. The highest BCUT2D eigenvalue weighted by molar-refractivity contribution is 5.83. The molecule has 172 valence electrons. The number of phenols is 1. The van der Waals surface area contributed by atoms with Crippen LogP contribution in [0.5, 0.6) is 5.75 Å². The van der Waals surface area contributed by atoms with Gasteiger partial charge in [0.2, 0.25) is 0 Å². The minimum Gasteiger partial charge on any atom is -0.507 e. The second-order valence-corrected chi connectivity index (χ2v) is 9.26. The van der Waals surface area contributed by atoms with Gasteiger partial charge in [-0.05, 0) is 66.5 Å². The third kappa shape index (κ3) is 4.81. The summed E-state index contributed by atoms with van der Waals surface area (Å²) in [7, 11) is 0. The molecule has 0 bridgehead atoms. The Balaban J connectivity index is 1.67. The SMILES string of the molecule is CC(C)[C@@H]1CC[C@@H](C)C[C@H]1OC(=O)Cn1c(-c2ccc(O)c(N=[N+]=[N-])c2)nc2ccccc21. The number of carbonyl (C=O) groups is 1. The summed E-state index contributed by atoms with van der Waals surface area (Å²) in [6.45, 7) is 6.61. The Hall–Kier alpha value is -3.51. The molecular formula is C25H29N5O3. The number of ether oxygens (including phenoxy) is 1. The Bertz CT molecular complexity index is 1210. The first-order chi connectivity index (χ1) is 15.9. The first-order valence-electron chi connectivity index (χ1n) is 11.4. The van der Waals surface area contributed by atoms with E-state index in [2.05, 4.69) is 30.8 Å². The molecular weight excluding hydrogens is 418 g/mol. The van der Waals surface area contributed by atoms with E-state index < -0.39 is 0 Å². The highest BCUT2D eigenvalue weighted by Crippen LogP contribution is 2.36. The highest BCUT2D eigenvalue weighted by Gasteiger charge is 2.33. The van der Waals surface area contributed by atoms with Gasteiger partial charge in [0.1, 0.15) is 24.2 Å². The van der Waals surface area contributed by atoms with Crippen LogP contribution in [0.15, 0.2) is 47.6 Å². The Kier molecular flexibility index (Phi) is 6.56. The van der Waals surface area contributed by atoms with E-state index in [4.69, 9.17) is 15.3 Å². The highest BCUT2D eigenvalue weighted by atomic mass is 16.5. The summed E-state index contributed by atoms with van der Waals surface area (Å²) in [5.41, 5.74) is 11.1. The molecule has 33 heavy (non-hydrogen) atoms. The maximum absolute atomic E-state index is 13.1. The lowest BCUT2D eigenvalue weighted by Gasteiger charge is -2.36. The average molecular weight is 448 g/mol. The van der Waals surface area contributed by atoms with Crippen LogP contribution in [0.25, 0.3) is 32.9 Å². The smallest absolute Gasteiger partial charge is 0.326 e. The van der Waals surface area contributed by atoms with E-state index in [1.54, 1.807) is 12.1 Å². The number of hydrogen-bond acceptors (Lipinski definition) is 5. The van der Waals surface area contributed by atoms with Crippen molar-refractivity contribution in [3.05, 3.63) is 52.9 Å². The molecule has 4 rings (SSSR count). The molecule has 1 N–H and O–H groups in total. The van der Waals surface area contributed by atoms with E-state index >= 15 is 0 Å². The maximum atomic E-state index is 13.1. The first kappa shape index (κ1) is 22.7. The molecule has 0 saturated heterocycles. The summed E-state index contributed by atoms with van der Waals surface area (Å²) in [5, 5.41) is 13.5. The normalized spacial score (nSPS) is 20.5. The number of benzene rings is 2. The number of azide groups is 1. The zero-order chi connectivity index (χ0) is 23.5.